The molecular weight excluding hydrogens is 432 g/mol. The average molecular weight is 452 g/mol. The number of allylic oxidation sites excluding steroid dienone is 1. The molecule has 0 saturated carbocycles. The molecule has 0 radical (unpaired) electrons. The van der Waals surface area contributed by atoms with Gasteiger partial charge in [-0.15, -0.1) is 0 Å². The van der Waals surface area contributed by atoms with Gasteiger partial charge in [0.15, 0.2) is 4.80 Å². The lowest BCUT2D eigenvalue weighted by Crippen LogP contribution is -2.39. The van der Waals surface area contributed by atoms with Gasteiger partial charge in [0, 0.05) is 6.08 Å². The first-order chi connectivity index (χ1) is 15.4. The zero-order chi connectivity index (χ0) is 22.8. The van der Waals surface area contributed by atoms with E-state index < -0.39 is 18.0 Å². The van der Waals surface area contributed by atoms with Gasteiger partial charge in [-0.3, -0.25) is 9.36 Å². The van der Waals surface area contributed by atoms with E-state index >= 15 is 0 Å². The van der Waals surface area contributed by atoms with Gasteiger partial charge in [-0.25, -0.2) is 14.6 Å². The van der Waals surface area contributed by atoms with Crippen molar-refractivity contribution in [1.29, 1.82) is 0 Å². The summed E-state index contributed by atoms with van der Waals surface area (Å²) in [5, 5.41) is 0. The molecule has 0 saturated heterocycles. The zero-order valence-electron chi connectivity index (χ0n) is 17.7. The molecule has 0 amide bonds. The molecule has 3 heterocycles. The smallest absolute Gasteiger partial charge is 0.338 e. The molecule has 0 aliphatic carbocycles. The first-order valence-corrected chi connectivity index (χ1v) is 10.7. The quantitative estimate of drug-likeness (QED) is 0.550. The molecule has 1 atom stereocenters. The van der Waals surface area contributed by atoms with Gasteiger partial charge >= 0.3 is 11.9 Å². The molecule has 3 aromatic rings. The predicted molar refractivity (Wildman–Crippen MR) is 117 cm³/mol. The second kappa shape index (κ2) is 8.80. The summed E-state index contributed by atoms with van der Waals surface area (Å²) in [5.41, 5.74) is 1.44. The van der Waals surface area contributed by atoms with Gasteiger partial charge in [-0.05, 0) is 43.7 Å². The fourth-order valence-electron chi connectivity index (χ4n) is 3.53. The largest absolute Gasteiger partial charge is 0.465 e. The van der Waals surface area contributed by atoms with Gasteiger partial charge < -0.3 is 13.9 Å². The van der Waals surface area contributed by atoms with Gasteiger partial charge in [-0.1, -0.05) is 23.5 Å². The second-order valence-corrected chi connectivity index (χ2v) is 7.94. The molecule has 1 aliphatic rings. The van der Waals surface area contributed by atoms with Crippen LogP contribution in [0.5, 0.6) is 0 Å². The van der Waals surface area contributed by atoms with Crippen molar-refractivity contribution in [3.8, 4) is 0 Å². The topological polar surface area (TPSA) is 100 Å². The maximum absolute atomic E-state index is 13.4. The Morgan fingerprint density at radius 3 is 2.59 bits per heavy atom. The molecule has 2 aromatic heterocycles. The molecule has 1 aromatic carbocycles. The van der Waals surface area contributed by atoms with Crippen LogP contribution in [-0.4, -0.2) is 30.2 Å². The Bertz CT molecular complexity index is 1380. The summed E-state index contributed by atoms with van der Waals surface area (Å²) in [6, 6.07) is 9.30. The number of hydrogen-bond acceptors (Lipinski definition) is 8. The van der Waals surface area contributed by atoms with E-state index in [-0.39, 0.29) is 17.7 Å². The van der Waals surface area contributed by atoms with Crippen molar-refractivity contribution < 1.29 is 23.5 Å². The number of carbonyl (C=O) groups is 2. The van der Waals surface area contributed by atoms with Crippen LogP contribution < -0.4 is 14.9 Å². The zero-order valence-corrected chi connectivity index (χ0v) is 18.5. The first kappa shape index (κ1) is 21.5. The number of nitrogens with zero attached hydrogens (tertiary/aromatic N) is 2. The van der Waals surface area contributed by atoms with E-state index in [2.05, 4.69) is 4.99 Å². The van der Waals surface area contributed by atoms with Crippen molar-refractivity contribution in [2.75, 3.05) is 13.7 Å². The SMILES string of the molecule is CCOC(=O)C1=C(C)N=c2sc(=Cc3ccco3)c(=O)n2C1c1ccc(C(=O)OC)cc1. The summed E-state index contributed by atoms with van der Waals surface area (Å²) >= 11 is 1.21. The second-order valence-electron chi connectivity index (χ2n) is 6.93. The molecule has 8 nitrogen and oxygen atoms in total. The lowest BCUT2D eigenvalue weighted by molar-refractivity contribution is -0.139. The minimum Gasteiger partial charge on any atom is -0.465 e. The Hall–Kier alpha value is -3.72. The monoisotopic (exact) mass is 452 g/mol. The normalized spacial score (nSPS) is 15.8. The van der Waals surface area contributed by atoms with Crippen molar-refractivity contribution in [3.63, 3.8) is 0 Å². The highest BCUT2D eigenvalue weighted by molar-refractivity contribution is 7.07. The summed E-state index contributed by atoms with van der Waals surface area (Å²) in [6.07, 6.45) is 3.17. The van der Waals surface area contributed by atoms with E-state index in [9.17, 15) is 14.4 Å². The van der Waals surface area contributed by atoms with Crippen molar-refractivity contribution in [3.05, 3.63) is 90.5 Å². The Labute approximate surface area is 186 Å². The van der Waals surface area contributed by atoms with Gasteiger partial charge in [0.1, 0.15) is 5.76 Å². The summed E-state index contributed by atoms with van der Waals surface area (Å²) < 4.78 is 17.3. The van der Waals surface area contributed by atoms with Crippen molar-refractivity contribution in [1.82, 2.24) is 4.57 Å². The highest BCUT2D eigenvalue weighted by Gasteiger charge is 2.33. The molecule has 9 heteroatoms. The van der Waals surface area contributed by atoms with Crippen LogP contribution in [0.1, 0.15) is 41.6 Å². The molecule has 0 bridgehead atoms. The van der Waals surface area contributed by atoms with Crippen LogP contribution in [0.3, 0.4) is 0 Å². The lowest BCUT2D eigenvalue weighted by atomic mass is 9.95. The Kier molecular flexibility index (Phi) is 5.91. The Morgan fingerprint density at radius 2 is 1.97 bits per heavy atom. The Morgan fingerprint density at radius 1 is 1.22 bits per heavy atom. The number of furan rings is 1. The number of hydrogen-bond donors (Lipinski definition) is 0. The number of fused-ring (bicyclic) bond motifs is 1. The third-order valence-electron chi connectivity index (χ3n) is 4.98. The van der Waals surface area contributed by atoms with Crippen molar-refractivity contribution in [2.45, 2.75) is 19.9 Å². The fraction of sp³-hybridized carbons (Fsp3) is 0.217. The molecule has 32 heavy (non-hydrogen) atoms. The van der Waals surface area contributed by atoms with Crippen molar-refractivity contribution >= 4 is 29.4 Å². The standard InChI is InChI=1S/C23H20N2O6S/c1-4-30-22(28)18-13(2)24-23-25(20(26)17(32-23)12-16-6-5-11-31-16)19(18)14-7-9-15(10-8-14)21(27)29-3/h5-12,19H,4H2,1-3H3. The minimum absolute atomic E-state index is 0.187. The minimum atomic E-state index is -0.754. The van der Waals surface area contributed by atoms with E-state index in [1.54, 1.807) is 56.3 Å². The fourth-order valence-corrected chi connectivity index (χ4v) is 4.56. The van der Waals surface area contributed by atoms with Crippen molar-refractivity contribution in [2.24, 2.45) is 4.99 Å². The maximum atomic E-state index is 13.4. The van der Waals surface area contributed by atoms with Crippen LogP contribution in [0.2, 0.25) is 0 Å². The van der Waals surface area contributed by atoms with E-state index in [0.29, 0.717) is 31.9 Å². The summed E-state index contributed by atoms with van der Waals surface area (Å²) in [6.45, 7) is 3.62. The van der Waals surface area contributed by atoms with Gasteiger partial charge in [-0.2, -0.15) is 0 Å². The van der Waals surface area contributed by atoms with Gasteiger partial charge in [0.05, 0.1) is 47.4 Å². The van der Waals surface area contributed by atoms with E-state index in [4.69, 9.17) is 13.9 Å². The molecular formula is C23H20N2O6S. The third-order valence-corrected chi connectivity index (χ3v) is 5.96. The van der Waals surface area contributed by atoms with Gasteiger partial charge in [0.2, 0.25) is 0 Å². The summed E-state index contributed by atoms with van der Waals surface area (Å²) in [4.78, 5) is 43.0. The molecule has 164 valence electrons. The molecule has 1 unspecified atom stereocenters. The highest BCUT2D eigenvalue weighted by Crippen LogP contribution is 2.30. The number of methoxy groups -OCH3 is 1. The number of benzene rings is 1. The lowest BCUT2D eigenvalue weighted by Gasteiger charge is -2.24. The van der Waals surface area contributed by atoms with Crippen LogP contribution in [0, 0.1) is 0 Å². The molecule has 4 rings (SSSR count). The first-order valence-electron chi connectivity index (χ1n) is 9.86. The number of thiazole rings is 1. The molecule has 1 aliphatic heterocycles. The summed E-state index contributed by atoms with van der Waals surface area (Å²) in [5.74, 6) is -0.483. The number of ether oxygens (including phenoxy) is 2. The molecule has 0 N–H and O–H groups in total. The van der Waals surface area contributed by atoms with Crippen LogP contribution in [-0.2, 0) is 14.3 Å². The highest BCUT2D eigenvalue weighted by atomic mass is 32.1. The predicted octanol–water partition coefficient (Wildman–Crippen LogP) is 2.18. The third kappa shape index (κ3) is 3.82. The van der Waals surface area contributed by atoms with Gasteiger partial charge in [0.25, 0.3) is 5.56 Å². The number of aromatic nitrogens is 1. The van der Waals surface area contributed by atoms with Crippen LogP contribution in [0.15, 0.2) is 68.1 Å². The molecule has 0 fully saturated rings. The van der Waals surface area contributed by atoms with Crippen LogP contribution in [0.4, 0.5) is 0 Å². The average Bonchev–Trinajstić information content (AvgIpc) is 3.41. The number of esters is 2. The Balaban J connectivity index is 1.92. The molecule has 0 spiro atoms. The van der Waals surface area contributed by atoms with E-state index in [1.807, 2.05) is 0 Å². The number of rotatable bonds is 5. The maximum Gasteiger partial charge on any atom is 0.338 e. The van der Waals surface area contributed by atoms with Crippen LogP contribution in [0.25, 0.3) is 6.08 Å². The van der Waals surface area contributed by atoms with E-state index in [1.165, 1.54) is 29.3 Å². The van der Waals surface area contributed by atoms with Crippen LogP contribution >= 0.6 is 11.3 Å². The van der Waals surface area contributed by atoms with E-state index in [0.717, 1.165) is 0 Å². The summed E-state index contributed by atoms with van der Waals surface area (Å²) in [7, 11) is 1.30. The number of carbonyl (C=O) groups excluding carboxylic acids is 2.